The number of rotatable bonds is 5. The summed E-state index contributed by atoms with van der Waals surface area (Å²) in [4.78, 5) is 26.0. The van der Waals surface area contributed by atoms with Crippen molar-refractivity contribution in [3.05, 3.63) is 0 Å². The molecule has 0 atom stereocenters. The van der Waals surface area contributed by atoms with Crippen molar-refractivity contribution in [3.63, 3.8) is 0 Å². The molecule has 0 aromatic carbocycles. The predicted molar refractivity (Wildman–Crippen MR) is 106 cm³/mol. The van der Waals surface area contributed by atoms with Gasteiger partial charge in [-0.1, -0.05) is 50.2 Å². The molecule has 8 heteroatoms. The maximum absolute atomic E-state index is 12.0. The van der Waals surface area contributed by atoms with Gasteiger partial charge in [0.2, 0.25) is 0 Å². The molecule has 1 saturated heterocycles. The van der Waals surface area contributed by atoms with Gasteiger partial charge in [0.25, 0.3) is 5.91 Å². The second-order valence-corrected chi connectivity index (χ2v) is 8.80. The number of hydrogen-bond donors (Lipinski definition) is 1. The first-order valence-electron chi connectivity index (χ1n) is 9.24. The van der Waals surface area contributed by atoms with E-state index < -0.39 is 17.4 Å². The fourth-order valence-corrected chi connectivity index (χ4v) is 4.36. The Morgan fingerprint density at radius 1 is 1.31 bits per heavy atom. The van der Waals surface area contributed by atoms with Crippen molar-refractivity contribution >= 4 is 40.2 Å². The molecule has 1 N–H and O–H groups in total. The molecule has 0 spiro atoms. The van der Waals surface area contributed by atoms with Crippen LogP contribution in [0.3, 0.4) is 0 Å². The molecule has 1 aliphatic carbocycles. The Bertz CT molecular complexity index is 563. The van der Waals surface area contributed by atoms with Crippen molar-refractivity contribution < 1.29 is 14.3 Å². The summed E-state index contributed by atoms with van der Waals surface area (Å²) in [6.07, 6.45) is 6.48. The second-order valence-electron chi connectivity index (χ2n) is 7.19. The first-order chi connectivity index (χ1) is 12.4. The lowest BCUT2D eigenvalue weighted by atomic mass is 9.83. The van der Waals surface area contributed by atoms with E-state index in [0.717, 1.165) is 51.1 Å². The number of thioether (sulfide) groups is 1. The number of nitrogens with one attached hydrogen (secondary N) is 1. The van der Waals surface area contributed by atoms with Crippen LogP contribution in [0.2, 0.25) is 0 Å². The van der Waals surface area contributed by atoms with Gasteiger partial charge in [0.1, 0.15) is 9.86 Å². The van der Waals surface area contributed by atoms with E-state index in [0.29, 0.717) is 17.2 Å². The van der Waals surface area contributed by atoms with Crippen molar-refractivity contribution in [1.29, 1.82) is 5.26 Å². The Morgan fingerprint density at radius 3 is 2.58 bits per heavy atom. The van der Waals surface area contributed by atoms with Gasteiger partial charge in [-0.15, -0.1) is 0 Å². The molecule has 2 aliphatic rings. The van der Waals surface area contributed by atoms with Gasteiger partial charge in [-0.05, 0) is 31.6 Å². The smallest absolute Gasteiger partial charge is 0.316 e. The summed E-state index contributed by atoms with van der Waals surface area (Å²) >= 11 is 6.65. The third-order valence-corrected chi connectivity index (χ3v) is 6.52. The third kappa shape index (κ3) is 6.44. The van der Waals surface area contributed by atoms with E-state index in [1.165, 1.54) is 11.8 Å². The van der Waals surface area contributed by atoms with Gasteiger partial charge in [0.15, 0.2) is 6.61 Å². The molecule has 0 unspecified atom stereocenters. The van der Waals surface area contributed by atoms with Crippen LogP contribution in [0.25, 0.3) is 0 Å². The Kier molecular flexibility index (Phi) is 8.16. The molecule has 0 bridgehead atoms. The van der Waals surface area contributed by atoms with Gasteiger partial charge in [-0.2, -0.15) is 5.26 Å². The lowest BCUT2D eigenvalue weighted by Crippen LogP contribution is -2.50. The van der Waals surface area contributed by atoms with Gasteiger partial charge in [-0.25, -0.2) is 0 Å². The molecule has 1 amide bonds. The molecule has 144 valence electrons. The summed E-state index contributed by atoms with van der Waals surface area (Å²) in [5, 5.41) is 12.1. The molecular formula is C18H27N3O3S2. The molecule has 1 saturated carbocycles. The number of nitrogens with zero attached hydrogens (tertiary/aromatic N) is 2. The molecule has 0 radical (unpaired) electrons. The Balaban J connectivity index is 1.65. The van der Waals surface area contributed by atoms with Gasteiger partial charge >= 0.3 is 5.97 Å². The summed E-state index contributed by atoms with van der Waals surface area (Å²) in [5.41, 5.74) is -0.802. The van der Waals surface area contributed by atoms with Gasteiger partial charge in [0.05, 0.1) is 11.8 Å². The van der Waals surface area contributed by atoms with Crippen LogP contribution in [0.5, 0.6) is 0 Å². The topological polar surface area (TPSA) is 82.4 Å². The highest BCUT2D eigenvalue weighted by atomic mass is 32.2. The number of piperidine rings is 1. The van der Waals surface area contributed by atoms with Crippen molar-refractivity contribution in [2.45, 2.75) is 57.4 Å². The molecule has 2 rings (SSSR count). The Morgan fingerprint density at radius 2 is 1.96 bits per heavy atom. The molecule has 26 heavy (non-hydrogen) atoms. The molecule has 6 nitrogen and oxygen atoms in total. The number of carbonyl (C=O) groups is 2. The maximum Gasteiger partial charge on any atom is 0.316 e. The minimum absolute atomic E-state index is 0.0988. The number of carbonyl (C=O) groups excluding carboxylic acids is 2. The minimum atomic E-state index is -0.802. The van der Waals surface area contributed by atoms with Crippen LogP contribution in [0, 0.1) is 17.2 Å². The van der Waals surface area contributed by atoms with Gasteiger partial charge in [0, 0.05) is 13.1 Å². The summed E-state index contributed by atoms with van der Waals surface area (Å²) in [6.45, 7) is 3.75. The Hall–Kier alpha value is -1.33. The van der Waals surface area contributed by atoms with E-state index in [2.05, 4.69) is 23.2 Å². The number of esters is 1. The SMILES string of the molecule is CC1CCN(C(=S)SCC(=O)OCC(=O)NC2(C#N)CCCCC2)CC1. The van der Waals surface area contributed by atoms with E-state index in [4.69, 9.17) is 17.0 Å². The largest absolute Gasteiger partial charge is 0.455 e. The van der Waals surface area contributed by atoms with Gasteiger partial charge < -0.3 is 15.0 Å². The van der Waals surface area contributed by atoms with E-state index in [-0.39, 0.29) is 12.4 Å². The number of likely N-dealkylation sites (tertiary alicyclic amines) is 1. The van der Waals surface area contributed by atoms with E-state index in [9.17, 15) is 14.9 Å². The number of ether oxygens (including phenoxy) is 1. The van der Waals surface area contributed by atoms with Crippen LogP contribution in [0.1, 0.15) is 51.9 Å². The zero-order chi connectivity index (χ0) is 19.0. The highest BCUT2D eigenvalue weighted by Crippen LogP contribution is 2.27. The fraction of sp³-hybridized carbons (Fsp3) is 0.778. The zero-order valence-electron chi connectivity index (χ0n) is 15.3. The summed E-state index contributed by atoms with van der Waals surface area (Å²) in [7, 11) is 0. The number of thiocarbonyl (C=S) groups is 1. The number of hydrogen-bond acceptors (Lipinski definition) is 6. The summed E-state index contributed by atoms with van der Waals surface area (Å²) in [6, 6.07) is 2.22. The molecule has 1 aliphatic heterocycles. The maximum atomic E-state index is 12.0. The number of amides is 1. The lowest BCUT2D eigenvalue weighted by molar-refractivity contribution is -0.146. The summed E-state index contributed by atoms with van der Waals surface area (Å²) < 4.78 is 5.74. The predicted octanol–water partition coefficient (Wildman–Crippen LogP) is 2.62. The monoisotopic (exact) mass is 397 g/mol. The third-order valence-electron chi connectivity index (χ3n) is 5.02. The van der Waals surface area contributed by atoms with Gasteiger partial charge in [-0.3, -0.25) is 9.59 Å². The van der Waals surface area contributed by atoms with E-state index in [1.54, 1.807) is 0 Å². The lowest BCUT2D eigenvalue weighted by Gasteiger charge is -2.31. The molecule has 0 aromatic heterocycles. The van der Waals surface area contributed by atoms with Crippen LogP contribution in [-0.4, -0.2) is 52.1 Å². The normalized spacial score (nSPS) is 20.1. The highest BCUT2D eigenvalue weighted by Gasteiger charge is 2.33. The van der Waals surface area contributed by atoms with Crippen LogP contribution in [0.15, 0.2) is 0 Å². The highest BCUT2D eigenvalue weighted by molar-refractivity contribution is 8.23. The average Bonchev–Trinajstić information content (AvgIpc) is 2.65. The second kappa shape index (κ2) is 10.1. The quantitative estimate of drug-likeness (QED) is 0.564. The standard InChI is InChI=1S/C18H27N3O3S2/c1-14-5-9-21(10-6-14)17(25)26-12-16(23)24-11-15(22)20-18(13-19)7-3-2-4-8-18/h14H,2-12H2,1H3,(H,20,22). The first-order valence-corrected chi connectivity index (χ1v) is 10.6. The van der Waals surface area contributed by atoms with Crippen LogP contribution in [0.4, 0.5) is 0 Å². The zero-order valence-corrected chi connectivity index (χ0v) is 16.9. The van der Waals surface area contributed by atoms with E-state index >= 15 is 0 Å². The van der Waals surface area contributed by atoms with Crippen LogP contribution >= 0.6 is 24.0 Å². The molecule has 0 aromatic rings. The molecule has 2 fully saturated rings. The van der Waals surface area contributed by atoms with Crippen molar-refractivity contribution in [1.82, 2.24) is 10.2 Å². The number of nitriles is 1. The molecular weight excluding hydrogens is 370 g/mol. The Labute approximate surface area is 165 Å². The van der Waals surface area contributed by atoms with Crippen LogP contribution in [-0.2, 0) is 14.3 Å². The van der Waals surface area contributed by atoms with Crippen LogP contribution < -0.4 is 5.32 Å². The van der Waals surface area contributed by atoms with Crippen molar-refractivity contribution in [2.75, 3.05) is 25.4 Å². The van der Waals surface area contributed by atoms with Crippen molar-refractivity contribution in [2.24, 2.45) is 5.92 Å². The summed E-state index contributed by atoms with van der Waals surface area (Å²) in [5.74, 6) is -0.0583. The minimum Gasteiger partial charge on any atom is -0.455 e. The molecule has 1 heterocycles. The fourth-order valence-electron chi connectivity index (χ4n) is 3.31. The first kappa shape index (κ1) is 21.0. The average molecular weight is 398 g/mol. The van der Waals surface area contributed by atoms with Crippen molar-refractivity contribution in [3.8, 4) is 6.07 Å². The van der Waals surface area contributed by atoms with E-state index in [1.807, 2.05) is 0 Å².